The molecule has 4 unspecified atom stereocenters. The Labute approximate surface area is 114 Å². The second-order valence-corrected chi connectivity index (χ2v) is 6.09. The molecule has 0 aromatic rings. The predicted octanol–water partition coefficient (Wildman–Crippen LogP) is 4.95. The van der Waals surface area contributed by atoms with Crippen LogP contribution in [0.4, 0.5) is 0 Å². The molecule has 1 N–H and O–H groups in total. The summed E-state index contributed by atoms with van der Waals surface area (Å²) in [6, 6.07) is 0. The van der Waals surface area contributed by atoms with Crippen LogP contribution in [0.2, 0.25) is 0 Å². The van der Waals surface area contributed by atoms with Crippen molar-refractivity contribution in [2.24, 2.45) is 17.8 Å². The molecule has 1 aliphatic rings. The Kier molecular flexibility index (Phi) is 6.99. The maximum absolute atomic E-state index is 10.6. The molecule has 1 heteroatoms. The molecular weight excluding hydrogens is 220 g/mol. The molecule has 0 saturated carbocycles. The Bertz CT molecular complexity index is 256. The third-order valence-electron chi connectivity index (χ3n) is 4.94. The molecule has 0 radical (unpaired) electrons. The summed E-state index contributed by atoms with van der Waals surface area (Å²) in [6.07, 6.45) is 10.7. The van der Waals surface area contributed by atoms with Gasteiger partial charge in [-0.15, -0.1) is 0 Å². The number of hydrogen-bond acceptors (Lipinski definition) is 1. The van der Waals surface area contributed by atoms with Crippen LogP contribution in [0.1, 0.15) is 72.6 Å². The number of rotatable bonds is 7. The lowest BCUT2D eigenvalue weighted by molar-refractivity contribution is 0.101. The molecule has 0 heterocycles. The van der Waals surface area contributed by atoms with Gasteiger partial charge in [-0.3, -0.25) is 0 Å². The summed E-state index contributed by atoms with van der Waals surface area (Å²) in [7, 11) is 0. The van der Waals surface area contributed by atoms with Crippen molar-refractivity contribution < 1.29 is 5.11 Å². The van der Waals surface area contributed by atoms with Gasteiger partial charge in [0, 0.05) is 0 Å². The van der Waals surface area contributed by atoms with Crippen LogP contribution < -0.4 is 0 Å². The number of allylic oxidation sites excluding steroid dienone is 1. The molecule has 0 amide bonds. The van der Waals surface area contributed by atoms with Crippen LogP contribution in [-0.4, -0.2) is 11.2 Å². The Morgan fingerprint density at radius 2 is 2.06 bits per heavy atom. The third kappa shape index (κ3) is 4.12. The summed E-state index contributed by atoms with van der Waals surface area (Å²) in [4.78, 5) is 0. The second kappa shape index (κ2) is 7.99. The average molecular weight is 252 g/mol. The van der Waals surface area contributed by atoms with Gasteiger partial charge in [-0.25, -0.2) is 0 Å². The van der Waals surface area contributed by atoms with Crippen molar-refractivity contribution in [1.82, 2.24) is 0 Å². The highest BCUT2D eigenvalue weighted by Crippen LogP contribution is 2.33. The monoisotopic (exact) mass is 252 g/mol. The average Bonchev–Trinajstić information content (AvgIpc) is 2.43. The topological polar surface area (TPSA) is 20.2 Å². The zero-order valence-corrected chi connectivity index (χ0v) is 12.8. The molecule has 1 nitrogen and oxygen atoms in total. The zero-order valence-electron chi connectivity index (χ0n) is 12.8. The van der Waals surface area contributed by atoms with Crippen LogP contribution in [0, 0.1) is 17.8 Å². The smallest absolute Gasteiger partial charge is 0.0778 e. The van der Waals surface area contributed by atoms with Crippen molar-refractivity contribution in [1.29, 1.82) is 0 Å². The molecule has 0 bridgehead atoms. The lowest BCUT2D eigenvalue weighted by Crippen LogP contribution is -2.28. The van der Waals surface area contributed by atoms with E-state index < -0.39 is 0 Å². The fourth-order valence-electron chi connectivity index (χ4n) is 3.35. The van der Waals surface area contributed by atoms with E-state index in [0.717, 1.165) is 12.3 Å². The van der Waals surface area contributed by atoms with Gasteiger partial charge in [-0.2, -0.15) is 0 Å². The molecule has 1 aliphatic carbocycles. The second-order valence-electron chi connectivity index (χ2n) is 6.09. The van der Waals surface area contributed by atoms with Gasteiger partial charge in [-0.05, 0) is 42.6 Å². The third-order valence-corrected chi connectivity index (χ3v) is 4.94. The van der Waals surface area contributed by atoms with Gasteiger partial charge < -0.3 is 5.11 Å². The van der Waals surface area contributed by atoms with Crippen molar-refractivity contribution in [3.63, 3.8) is 0 Å². The van der Waals surface area contributed by atoms with E-state index >= 15 is 0 Å². The van der Waals surface area contributed by atoms with Crippen LogP contribution in [0.5, 0.6) is 0 Å². The SMILES string of the molecule is CCCC(CC)C(C)C(O)C1=CCC(CC)CC1. The molecule has 1 rings (SSSR count). The normalized spacial score (nSPS) is 25.4. The Morgan fingerprint density at radius 1 is 1.33 bits per heavy atom. The van der Waals surface area contributed by atoms with E-state index in [1.807, 2.05) is 0 Å². The Morgan fingerprint density at radius 3 is 2.50 bits per heavy atom. The molecule has 0 spiro atoms. The van der Waals surface area contributed by atoms with Gasteiger partial charge in [0.05, 0.1) is 6.10 Å². The van der Waals surface area contributed by atoms with Crippen LogP contribution >= 0.6 is 0 Å². The van der Waals surface area contributed by atoms with Gasteiger partial charge in [0.25, 0.3) is 0 Å². The fourth-order valence-corrected chi connectivity index (χ4v) is 3.35. The highest BCUT2D eigenvalue weighted by Gasteiger charge is 2.26. The molecule has 0 aromatic carbocycles. The summed E-state index contributed by atoms with van der Waals surface area (Å²) in [5.41, 5.74) is 1.32. The van der Waals surface area contributed by atoms with E-state index in [-0.39, 0.29) is 6.10 Å². The highest BCUT2D eigenvalue weighted by molar-refractivity contribution is 5.13. The van der Waals surface area contributed by atoms with Crippen molar-refractivity contribution in [3.8, 4) is 0 Å². The summed E-state index contributed by atoms with van der Waals surface area (Å²) in [6.45, 7) is 9.01. The minimum atomic E-state index is -0.195. The van der Waals surface area contributed by atoms with Crippen molar-refractivity contribution in [3.05, 3.63) is 11.6 Å². The van der Waals surface area contributed by atoms with Crippen molar-refractivity contribution >= 4 is 0 Å². The maximum Gasteiger partial charge on any atom is 0.0778 e. The molecule has 106 valence electrons. The first-order valence-corrected chi connectivity index (χ1v) is 8.00. The van der Waals surface area contributed by atoms with Crippen LogP contribution in [0.3, 0.4) is 0 Å². The summed E-state index contributed by atoms with van der Waals surface area (Å²) < 4.78 is 0. The Balaban J connectivity index is 2.57. The first kappa shape index (κ1) is 15.8. The highest BCUT2D eigenvalue weighted by atomic mass is 16.3. The predicted molar refractivity (Wildman–Crippen MR) is 79.6 cm³/mol. The van der Waals surface area contributed by atoms with Gasteiger partial charge in [0.15, 0.2) is 0 Å². The van der Waals surface area contributed by atoms with E-state index in [1.165, 1.54) is 44.1 Å². The van der Waals surface area contributed by atoms with E-state index in [4.69, 9.17) is 0 Å². The van der Waals surface area contributed by atoms with Crippen LogP contribution in [0.25, 0.3) is 0 Å². The number of hydrogen-bond donors (Lipinski definition) is 1. The summed E-state index contributed by atoms with van der Waals surface area (Å²) >= 11 is 0. The largest absolute Gasteiger partial charge is 0.388 e. The lowest BCUT2D eigenvalue weighted by atomic mass is 9.77. The minimum Gasteiger partial charge on any atom is -0.388 e. The first-order chi connectivity index (χ1) is 8.63. The maximum atomic E-state index is 10.6. The molecule has 0 aliphatic heterocycles. The van der Waals surface area contributed by atoms with Crippen LogP contribution in [-0.2, 0) is 0 Å². The van der Waals surface area contributed by atoms with E-state index in [9.17, 15) is 5.11 Å². The van der Waals surface area contributed by atoms with Crippen molar-refractivity contribution in [2.45, 2.75) is 78.7 Å². The number of aliphatic hydroxyl groups is 1. The quantitative estimate of drug-likeness (QED) is 0.636. The number of aliphatic hydroxyl groups excluding tert-OH is 1. The fraction of sp³-hybridized carbons (Fsp3) is 0.882. The standard InChI is InChI=1S/C17H32O/c1-5-8-15(7-3)13(4)17(18)16-11-9-14(6-2)10-12-16/h11,13-15,17-18H,5-10,12H2,1-4H3. The van der Waals surface area contributed by atoms with Gasteiger partial charge in [-0.1, -0.05) is 59.5 Å². The molecule has 0 aromatic heterocycles. The summed E-state index contributed by atoms with van der Waals surface area (Å²) in [5.74, 6) is 1.95. The van der Waals surface area contributed by atoms with Gasteiger partial charge >= 0.3 is 0 Å². The minimum absolute atomic E-state index is 0.195. The molecule has 0 saturated heterocycles. The van der Waals surface area contributed by atoms with Gasteiger partial charge in [0.1, 0.15) is 0 Å². The van der Waals surface area contributed by atoms with Gasteiger partial charge in [0.2, 0.25) is 0 Å². The first-order valence-electron chi connectivity index (χ1n) is 8.00. The van der Waals surface area contributed by atoms with E-state index in [1.54, 1.807) is 0 Å². The molecule has 18 heavy (non-hydrogen) atoms. The zero-order chi connectivity index (χ0) is 13.5. The molecule has 4 atom stereocenters. The van der Waals surface area contributed by atoms with E-state index in [2.05, 4.69) is 33.8 Å². The lowest BCUT2D eigenvalue weighted by Gasteiger charge is -2.31. The molecular formula is C17H32O. The van der Waals surface area contributed by atoms with Crippen LogP contribution in [0.15, 0.2) is 11.6 Å². The summed E-state index contributed by atoms with van der Waals surface area (Å²) in [5, 5.41) is 10.6. The van der Waals surface area contributed by atoms with Crippen molar-refractivity contribution in [2.75, 3.05) is 0 Å². The Hall–Kier alpha value is -0.300. The molecule has 0 fully saturated rings. The van der Waals surface area contributed by atoms with E-state index in [0.29, 0.717) is 11.8 Å².